The van der Waals surface area contributed by atoms with Crippen LogP contribution in [0.1, 0.15) is 13.3 Å². The van der Waals surface area contributed by atoms with Crippen molar-refractivity contribution in [3.8, 4) is 0 Å². The zero-order valence-corrected chi connectivity index (χ0v) is 7.87. The molecule has 80 valence electrons. The van der Waals surface area contributed by atoms with E-state index >= 15 is 0 Å². The van der Waals surface area contributed by atoms with Gasteiger partial charge in [-0.25, -0.2) is 9.35 Å². The minimum atomic E-state index is -4.75. The van der Waals surface area contributed by atoms with Gasteiger partial charge in [-0.05, 0) is 0 Å². The molecule has 0 heterocycles. The highest BCUT2D eigenvalue weighted by atomic mass is 32.2. The molecule has 1 atom stereocenters. The highest BCUT2D eigenvalue weighted by Crippen LogP contribution is 2.15. The second kappa shape index (κ2) is 6.84. The Morgan fingerprint density at radius 1 is 1.54 bits per heavy atom. The molecule has 0 saturated heterocycles. The molecule has 0 fully saturated rings. The molecule has 4 nitrogen and oxygen atoms in total. The predicted octanol–water partition coefficient (Wildman–Crippen LogP) is 0.698. The van der Waals surface area contributed by atoms with E-state index in [1.54, 1.807) is 6.92 Å². The fourth-order valence-corrected chi connectivity index (χ4v) is 0.144. The van der Waals surface area contributed by atoms with Gasteiger partial charge < -0.3 is 4.74 Å². The normalized spacial score (nSPS) is 12.5. The Balaban J connectivity index is 0. The van der Waals surface area contributed by atoms with Gasteiger partial charge in [-0.15, -0.1) is 0 Å². The number of rotatable bonds is 1. The third kappa shape index (κ3) is 11.4. The number of nitrogens with two attached hydrogens (primary N) is 1. The van der Waals surface area contributed by atoms with Crippen molar-refractivity contribution in [2.45, 2.75) is 18.9 Å². The molecule has 0 aromatic heterocycles. The quantitative estimate of drug-likeness (QED) is 0.662. The van der Waals surface area contributed by atoms with Crippen LogP contribution in [0.2, 0.25) is 0 Å². The van der Waals surface area contributed by atoms with Gasteiger partial charge in [0.2, 0.25) is 0 Å². The van der Waals surface area contributed by atoms with Gasteiger partial charge in [-0.2, -0.15) is 13.2 Å². The van der Waals surface area contributed by atoms with E-state index in [9.17, 15) is 22.2 Å². The monoisotopic (exact) mass is 221 g/mol. The van der Waals surface area contributed by atoms with Crippen molar-refractivity contribution in [1.29, 1.82) is 0 Å². The summed E-state index contributed by atoms with van der Waals surface area (Å²) < 4.78 is 45.7. The topological polar surface area (TPSA) is 69.4 Å². The summed E-state index contributed by atoms with van der Waals surface area (Å²) in [4.78, 5) is 9.96. The standard InChI is InChI=1S/C4H8O2.CH2F3NOS/c1-3-4(5)6-2;2-1(3,4)7(5)6/h3H2,1-2H3;5H2. The molecular weight excluding hydrogens is 211 g/mol. The number of carbonyl (C=O) groups excluding carboxylic acids is 1. The molecule has 13 heavy (non-hydrogen) atoms. The Kier molecular flexibility index (Phi) is 7.82. The number of hydrogen-bond acceptors (Lipinski definition) is 3. The van der Waals surface area contributed by atoms with Crippen molar-refractivity contribution < 1.29 is 26.9 Å². The number of halogens is 3. The summed E-state index contributed by atoms with van der Waals surface area (Å²) in [5, 5.41) is 3.92. The van der Waals surface area contributed by atoms with Gasteiger partial charge in [0.05, 0.1) is 7.11 Å². The molecule has 0 bridgehead atoms. The van der Waals surface area contributed by atoms with Crippen molar-refractivity contribution in [1.82, 2.24) is 0 Å². The summed E-state index contributed by atoms with van der Waals surface area (Å²) in [5.74, 6) is -0.157. The first kappa shape index (κ1) is 14.9. The lowest BCUT2D eigenvalue weighted by atomic mass is 10.5. The van der Waals surface area contributed by atoms with Crippen molar-refractivity contribution in [2.75, 3.05) is 7.11 Å². The van der Waals surface area contributed by atoms with Crippen molar-refractivity contribution in [2.24, 2.45) is 5.14 Å². The second-order valence-electron chi connectivity index (χ2n) is 1.67. The van der Waals surface area contributed by atoms with Crippen LogP contribution in [0.15, 0.2) is 0 Å². The lowest BCUT2D eigenvalue weighted by Gasteiger charge is -1.96. The highest BCUT2D eigenvalue weighted by Gasteiger charge is 2.34. The van der Waals surface area contributed by atoms with Crippen LogP contribution in [0.25, 0.3) is 0 Å². The van der Waals surface area contributed by atoms with E-state index in [4.69, 9.17) is 0 Å². The van der Waals surface area contributed by atoms with Crippen LogP contribution in [0, 0.1) is 0 Å². The zero-order chi connectivity index (χ0) is 11.1. The first-order chi connectivity index (χ1) is 5.75. The van der Waals surface area contributed by atoms with E-state index in [2.05, 4.69) is 9.88 Å². The molecule has 0 aromatic carbocycles. The maximum atomic E-state index is 10.8. The van der Waals surface area contributed by atoms with Gasteiger partial charge in [0.25, 0.3) is 0 Å². The highest BCUT2D eigenvalue weighted by molar-refractivity contribution is 7.83. The number of hydrogen-bond donors (Lipinski definition) is 1. The number of alkyl halides is 3. The van der Waals surface area contributed by atoms with Crippen molar-refractivity contribution in [3.63, 3.8) is 0 Å². The third-order valence-corrected chi connectivity index (χ3v) is 1.20. The maximum absolute atomic E-state index is 10.8. The van der Waals surface area contributed by atoms with E-state index < -0.39 is 16.5 Å². The van der Waals surface area contributed by atoms with Gasteiger partial charge in [0, 0.05) is 6.42 Å². The van der Waals surface area contributed by atoms with E-state index in [1.807, 2.05) is 0 Å². The molecule has 2 N–H and O–H groups in total. The molecule has 0 spiro atoms. The first-order valence-electron chi connectivity index (χ1n) is 3.05. The fourth-order valence-electron chi connectivity index (χ4n) is 0.144. The number of carbonyl (C=O) groups is 1. The Morgan fingerprint density at radius 3 is 1.85 bits per heavy atom. The summed E-state index contributed by atoms with van der Waals surface area (Å²) in [6, 6.07) is 0. The summed E-state index contributed by atoms with van der Waals surface area (Å²) in [6.45, 7) is 1.76. The minimum absolute atomic E-state index is 0.157. The second-order valence-corrected chi connectivity index (χ2v) is 2.73. The lowest BCUT2D eigenvalue weighted by molar-refractivity contribution is -0.140. The Hall–Kier alpha value is -0.630. The van der Waals surface area contributed by atoms with Gasteiger partial charge in [0.15, 0.2) is 11.0 Å². The van der Waals surface area contributed by atoms with Gasteiger partial charge in [-0.1, -0.05) is 6.92 Å². The van der Waals surface area contributed by atoms with E-state index in [0.717, 1.165) is 0 Å². The summed E-state index contributed by atoms with van der Waals surface area (Å²) in [5.41, 5.74) is -4.75. The Labute approximate surface area is 75.8 Å². The molecule has 1 unspecified atom stereocenters. The van der Waals surface area contributed by atoms with Crippen molar-refractivity contribution >= 4 is 17.0 Å². The van der Waals surface area contributed by atoms with Crippen LogP contribution >= 0.6 is 0 Å². The zero-order valence-electron chi connectivity index (χ0n) is 7.05. The number of esters is 1. The summed E-state index contributed by atoms with van der Waals surface area (Å²) in [6.07, 6.45) is 0.469. The van der Waals surface area contributed by atoms with Gasteiger partial charge in [-0.3, -0.25) is 4.79 Å². The molecule has 0 aliphatic carbocycles. The third-order valence-electron chi connectivity index (χ3n) is 0.744. The largest absolute Gasteiger partial charge is 0.485 e. The van der Waals surface area contributed by atoms with E-state index in [1.165, 1.54) is 7.11 Å². The van der Waals surface area contributed by atoms with E-state index in [-0.39, 0.29) is 5.97 Å². The SMILES string of the molecule is CCC(=O)OC.NS(=O)C(F)(F)F. The molecule has 0 aliphatic heterocycles. The Morgan fingerprint density at radius 2 is 1.85 bits per heavy atom. The number of ether oxygens (including phenoxy) is 1. The smallest absolute Gasteiger partial charge is 0.469 e. The summed E-state index contributed by atoms with van der Waals surface area (Å²) >= 11 is 0. The molecule has 8 heteroatoms. The van der Waals surface area contributed by atoms with Crippen molar-refractivity contribution in [3.05, 3.63) is 0 Å². The molecule has 0 aliphatic rings. The lowest BCUT2D eigenvalue weighted by Crippen LogP contribution is -2.22. The fraction of sp³-hybridized carbons (Fsp3) is 0.800. The summed E-state index contributed by atoms with van der Waals surface area (Å²) in [7, 11) is -1.80. The molecule has 0 saturated carbocycles. The van der Waals surface area contributed by atoms with Gasteiger partial charge in [0.1, 0.15) is 0 Å². The average Bonchev–Trinajstić information content (AvgIpc) is 2.02. The van der Waals surface area contributed by atoms with Crippen LogP contribution in [0.5, 0.6) is 0 Å². The number of methoxy groups -OCH3 is 1. The average molecular weight is 221 g/mol. The van der Waals surface area contributed by atoms with Crippen LogP contribution in [0.4, 0.5) is 13.2 Å². The van der Waals surface area contributed by atoms with Crippen LogP contribution < -0.4 is 5.14 Å². The predicted molar refractivity (Wildman–Crippen MR) is 40.7 cm³/mol. The molecule has 0 amide bonds. The molecular formula is C5H10F3NO3S. The molecule has 0 rings (SSSR count). The van der Waals surface area contributed by atoms with E-state index in [0.29, 0.717) is 6.42 Å². The van der Waals surface area contributed by atoms with Crippen LogP contribution in [-0.2, 0) is 20.5 Å². The first-order valence-corrected chi connectivity index (χ1v) is 4.26. The molecule has 0 aromatic rings. The molecule has 0 radical (unpaired) electrons. The maximum Gasteiger partial charge on any atom is 0.485 e. The van der Waals surface area contributed by atoms with Gasteiger partial charge >= 0.3 is 11.5 Å². The minimum Gasteiger partial charge on any atom is -0.469 e. The Bertz CT molecular complexity index is 176. The van der Waals surface area contributed by atoms with Crippen LogP contribution in [0.3, 0.4) is 0 Å². The van der Waals surface area contributed by atoms with Crippen LogP contribution in [-0.4, -0.2) is 22.8 Å².